The van der Waals surface area contributed by atoms with Crippen molar-refractivity contribution in [2.75, 3.05) is 87.3 Å². The van der Waals surface area contributed by atoms with Crippen molar-refractivity contribution in [3.05, 3.63) is 293 Å². The lowest BCUT2D eigenvalue weighted by molar-refractivity contribution is 0.0600. The first-order valence-electron chi connectivity index (χ1n) is 43.3. The lowest BCUT2D eigenvalue weighted by Crippen LogP contribution is -2.44. The number of H-pyrrole nitrogens is 10. The smallest absolute Gasteiger partial charge is 0.339 e. The van der Waals surface area contributed by atoms with Gasteiger partial charge < -0.3 is 68.5 Å². The van der Waals surface area contributed by atoms with Crippen molar-refractivity contribution in [2.45, 2.75) is 6.92 Å². The number of amides is 1. The molecule has 1 aliphatic rings. The molecule has 5 aromatic carbocycles. The van der Waals surface area contributed by atoms with E-state index >= 15 is 0 Å². The third-order valence-electron chi connectivity index (χ3n) is 22.0. The number of imidazole rings is 5. The molecule has 0 spiro atoms. The molecule has 16 heterocycles. The van der Waals surface area contributed by atoms with Gasteiger partial charge >= 0.3 is 5.97 Å². The van der Waals surface area contributed by atoms with Crippen molar-refractivity contribution >= 4 is 133 Å². The predicted octanol–water partition coefficient (Wildman–Crippen LogP) is 16.8. The number of benzene rings is 5. The topological polar surface area (TPSA) is 483 Å². The lowest BCUT2D eigenvalue weighted by atomic mass is 10.1. The average molecular weight is 1840 g/mol. The van der Waals surface area contributed by atoms with Gasteiger partial charge in [-0.25, -0.2) is 29.7 Å². The van der Waals surface area contributed by atoms with E-state index < -0.39 is 5.97 Å². The molecular formula is C101H91N29O8. The quantitative estimate of drug-likeness (QED) is 0.0250. The van der Waals surface area contributed by atoms with Crippen LogP contribution in [0.15, 0.2) is 220 Å². The van der Waals surface area contributed by atoms with Crippen LogP contribution >= 0.6 is 0 Å². The number of nitriles is 1. The highest BCUT2D eigenvalue weighted by Gasteiger charge is 2.21. The second kappa shape index (κ2) is 43.0. The standard InChI is InChI=1S/C22H23N7.C21H20N6O2.C20H17N5O3.C19H14N6O.C19H17N5O2/c1-28-9-11-29(12-10-28)18-6-7-19-20(13-18)26-22(25-19)21-17(15-24-27-21)5-4-16-3-2-8-23-14-16;1-3-23-21(28)15-8-13(10-22-11-15)4-5-14-12-24-27-19(14)20-25-17-7-6-16(29-2)9-18(17)26-20;1-27-15-5-6-16-17(8-15)24-19(23-16)18-13(11-22-25-18)4-3-12-7-14(10-21-9-12)20(26)28-2;1-26-15-4-5-16-17(7-15)24-19(23-16)18-14(11-22-25-18)3-2-12-6-13(8-20)10-21-9-12;1-25-14-5-6-16-17(8-14)23-19(22-16)18-13(10-21-24-18)4-3-12-7-15(26-2)11-20-9-12/h2-8,13-15H,9-12H2,1H3,(H,24,27)(H,25,26);4-12H,3H2,1-2H3,(H,23,28)(H,24,27)(H,25,26);3-11H,1-2H3,(H,22,25)(H,23,24);2-7,9-11H,1H3,(H,22,25)(H,23,24);3-11H,1-2H3,(H,21,24)(H,22,23)/b2*5-4+;4-3+;3-2+;4-3+. The summed E-state index contributed by atoms with van der Waals surface area (Å²) in [6.45, 7) is 6.73. The molecule has 21 rings (SSSR count). The number of hydrogen-bond donors (Lipinski definition) is 11. The Bertz CT molecular complexity index is 7860. The maximum Gasteiger partial charge on any atom is 0.339 e. The molecule has 138 heavy (non-hydrogen) atoms. The van der Waals surface area contributed by atoms with Gasteiger partial charge in [0.05, 0.1) is 152 Å². The molecule has 0 radical (unpaired) electrons. The summed E-state index contributed by atoms with van der Waals surface area (Å²) in [6.07, 6.45) is 44.6. The second-order valence-corrected chi connectivity index (χ2v) is 31.0. The van der Waals surface area contributed by atoms with Crippen LogP contribution in [0.1, 0.15) is 88.8 Å². The summed E-state index contributed by atoms with van der Waals surface area (Å²) in [7, 11) is 11.7. The Morgan fingerprint density at radius 3 is 1.09 bits per heavy atom. The Kier molecular flexibility index (Phi) is 28.4. The molecule has 37 nitrogen and oxygen atoms in total. The van der Waals surface area contributed by atoms with E-state index in [1.165, 1.54) is 25.2 Å². The highest BCUT2D eigenvalue weighted by Crippen LogP contribution is 2.34. The molecule has 1 saturated heterocycles. The van der Waals surface area contributed by atoms with Crippen molar-refractivity contribution in [1.82, 2.24) is 136 Å². The number of aromatic amines is 10. The molecule has 0 saturated carbocycles. The second-order valence-electron chi connectivity index (χ2n) is 31.0. The van der Waals surface area contributed by atoms with Gasteiger partial charge in [0.2, 0.25) is 0 Å². The third kappa shape index (κ3) is 22.0. The van der Waals surface area contributed by atoms with E-state index in [2.05, 4.69) is 167 Å². The van der Waals surface area contributed by atoms with Crippen LogP contribution in [0.5, 0.6) is 28.7 Å². The maximum absolute atomic E-state index is 12.0. The molecule has 37 heteroatoms. The minimum atomic E-state index is -0.426. The van der Waals surface area contributed by atoms with Gasteiger partial charge in [0.15, 0.2) is 29.1 Å². The van der Waals surface area contributed by atoms with Crippen molar-refractivity contribution in [3.63, 3.8) is 0 Å². The fourth-order valence-corrected chi connectivity index (χ4v) is 14.7. The zero-order valence-electron chi connectivity index (χ0n) is 75.9. The lowest BCUT2D eigenvalue weighted by Gasteiger charge is -2.34. The molecular weight excluding hydrogens is 1750 g/mol. The SMILES string of the molecule is CCNC(=O)c1cncc(/C=C/c2cn[nH]c2-c2nc3ccc(OC)cc3[nH]2)c1.CN1CCN(c2ccc3nc(-c4[nH]ncc4/C=C/c4cccnc4)[nH]c3c2)CC1.COC(=O)c1cncc(/C=C/c2cn[nH]c2-c2nc3ccc(OC)cc3[nH]2)c1.COc1ccc2nc(-c3[nH]ncc3/C=C/c3cncc(C#N)c3)[nH]c2c1.COc1cncc(/C=C/c2cn[nH]c2-c2nc3ccc(OC)cc3[nH]2)c1. The molecule has 0 aliphatic carbocycles. The van der Waals surface area contributed by atoms with E-state index in [4.69, 9.17) is 38.7 Å². The summed E-state index contributed by atoms with van der Waals surface area (Å²) in [5, 5.41) is 47.5. The molecule has 1 fully saturated rings. The van der Waals surface area contributed by atoms with Crippen LogP contribution in [-0.4, -0.2) is 225 Å². The fourth-order valence-electron chi connectivity index (χ4n) is 14.7. The Morgan fingerprint density at radius 1 is 0.370 bits per heavy atom. The number of likely N-dealkylation sites (N-methyl/N-ethyl adjacent to an activating group) is 1. The van der Waals surface area contributed by atoms with Crippen molar-refractivity contribution in [1.29, 1.82) is 5.26 Å². The van der Waals surface area contributed by atoms with Crippen molar-refractivity contribution in [2.24, 2.45) is 0 Å². The number of nitrogens with zero attached hydrogens (tertiary/aromatic N) is 18. The minimum Gasteiger partial charge on any atom is -0.497 e. The highest BCUT2D eigenvalue weighted by atomic mass is 16.5. The van der Waals surface area contributed by atoms with Gasteiger partial charge in [-0.2, -0.15) is 30.8 Å². The van der Waals surface area contributed by atoms with E-state index in [0.717, 1.165) is 194 Å². The Hall–Kier alpha value is -18.9. The van der Waals surface area contributed by atoms with E-state index in [1.807, 2.05) is 171 Å². The van der Waals surface area contributed by atoms with Crippen LogP contribution in [0.25, 0.3) is 174 Å². The van der Waals surface area contributed by atoms with Crippen molar-refractivity contribution < 1.29 is 38.0 Å². The number of ether oxygens (including phenoxy) is 6. The number of carbonyl (C=O) groups excluding carboxylic acids is 2. The number of piperazine rings is 1. The monoisotopic (exact) mass is 1840 g/mol. The van der Waals surface area contributed by atoms with Crippen molar-refractivity contribution in [3.8, 4) is 92.4 Å². The predicted molar refractivity (Wildman–Crippen MR) is 531 cm³/mol. The molecule has 20 aromatic rings. The number of pyridine rings is 5. The molecule has 0 bridgehead atoms. The molecule has 0 atom stereocenters. The number of rotatable bonds is 24. The Morgan fingerprint density at radius 2 is 0.717 bits per heavy atom. The largest absolute Gasteiger partial charge is 0.497 e. The van der Waals surface area contributed by atoms with Crippen LogP contribution in [0, 0.1) is 11.3 Å². The number of fused-ring (bicyclic) bond motifs is 5. The first-order chi connectivity index (χ1) is 67.6. The number of aromatic nitrogens is 25. The molecule has 1 aliphatic heterocycles. The number of nitrogens with one attached hydrogen (secondary N) is 11. The Labute approximate surface area is 787 Å². The Balaban J connectivity index is 0.000000119. The van der Waals surface area contributed by atoms with Crippen LogP contribution in [0.2, 0.25) is 0 Å². The first-order valence-corrected chi connectivity index (χ1v) is 43.3. The van der Waals surface area contributed by atoms with Gasteiger partial charge in [0, 0.05) is 146 Å². The fraction of sp³-hybridized carbons (Fsp3) is 0.129. The molecule has 0 unspecified atom stereocenters. The van der Waals surface area contributed by atoms with Gasteiger partial charge in [0.25, 0.3) is 5.91 Å². The van der Waals surface area contributed by atoms with E-state index in [-0.39, 0.29) is 5.91 Å². The van der Waals surface area contributed by atoms with E-state index in [9.17, 15) is 9.59 Å². The number of methoxy groups -OCH3 is 6. The summed E-state index contributed by atoms with van der Waals surface area (Å²) in [5.74, 6) is 6.75. The van der Waals surface area contributed by atoms with E-state index in [0.29, 0.717) is 52.3 Å². The first kappa shape index (κ1) is 91.1. The summed E-state index contributed by atoms with van der Waals surface area (Å²) in [4.78, 5) is 88.8. The van der Waals surface area contributed by atoms with Crippen LogP contribution < -0.4 is 33.9 Å². The zero-order valence-corrected chi connectivity index (χ0v) is 75.9. The van der Waals surface area contributed by atoms with Gasteiger partial charge in [-0.1, -0.05) is 66.8 Å². The number of hydrogen-bond acceptors (Lipinski definition) is 26. The van der Waals surface area contributed by atoms with Gasteiger partial charge in [0.1, 0.15) is 63.3 Å². The maximum atomic E-state index is 12.0. The summed E-state index contributed by atoms with van der Waals surface area (Å²) in [6, 6.07) is 42.4. The zero-order chi connectivity index (χ0) is 95.2. The molecule has 1 amide bonds. The van der Waals surface area contributed by atoms with Gasteiger partial charge in [-0.3, -0.25) is 55.2 Å². The summed E-state index contributed by atoms with van der Waals surface area (Å²) < 4.78 is 30.9. The third-order valence-corrected chi connectivity index (χ3v) is 22.0. The van der Waals surface area contributed by atoms with Crippen LogP contribution in [-0.2, 0) is 4.74 Å². The normalized spacial score (nSPS) is 12.1. The highest BCUT2D eigenvalue weighted by molar-refractivity contribution is 5.95. The number of carbonyl (C=O) groups is 2. The number of esters is 1. The number of anilines is 1. The van der Waals surface area contributed by atoms with E-state index in [1.54, 1.807) is 122 Å². The van der Waals surface area contributed by atoms with Crippen LogP contribution in [0.3, 0.4) is 0 Å². The summed E-state index contributed by atoms with van der Waals surface area (Å²) >= 11 is 0. The van der Waals surface area contributed by atoms with Gasteiger partial charge in [-0.05, 0) is 139 Å². The molecule has 15 aromatic heterocycles. The van der Waals surface area contributed by atoms with Gasteiger partial charge in [-0.15, -0.1) is 0 Å². The van der Waals surface area contributed by atoms with Crippen LogP contribution in [0.4, 0.5) is 5.69 Å². The molecule has 688 valence electrons. The summed E-state index contributed by atoms with van der Waals surface area (Å²) in [5.41, 5.74) is 24.4. The molecule has 11 N–H and O–H groups in total. The average Bonchev–Trinajstić information content (AvgIpc) is 1.67. The minimum absolute atomic E-state index is 0.142.